The first-order valence-corrected chi connectivity index (χ1v) is 9.95. The summed E-state index contributed by atoms with van der Waals surface area (Å²) in [7, 11) is 0. The Balaban J connectivity index is 1.51. The minimum Gasteiger partial charge on any atom is -0.376 e. The molecule has 1 aliphatic rings. The number of hydrogen-bond donors (Lipinski definition) is 3. The Labute approximate surface area is 162 Å². The highest BCUT2D eigenvalue weighted by molar-refractivity contribution is 7.09. The Morgan fingerprint density at radius 2 is 2.19 bits per heavy atom. The van der Waals surface area contributed by atoms with Gasteiger partial charge >= 0.3 is 0 Å². The average Bonchev–Trinajstić information content (AvgIpc) is 3.37. The van der Waals surface area contributed by atoms with Crippen molar-refractivity contribution in [1.29, 1.82) is 0 Å². The van der Waals surface area contributed by atoms with Crippen LogP contribution in [0.1, 0.15) is 44.3 Å². The molecule has 1 atom stereocenters. The fraction of sp³-hybridized carbons (Fsp3) is 0.421. The summed E-state index contributed by atoms with van der Waals surface area (Å²) in [4.78, 5) is 28.8. The van der Waals surface area contributed by atoms with E-state index in [1.54, 1.807) is 17.5 Å². The van der Waals surface area contributed by atoms with Gasteiger partial charge in [-0.3, -0.25) is 9.59 Å². The lowest BCUT2D eigenvalue weighted by Crippen LogP contribution is -2.31. The number of rotatable bonds is 8. The molecule has 0 aliphatic carbocycles. The molecule has 2 heterocycles. The molecule has 0 saturated carbocycles. The van der Waals surface area contributed by atoms with Gasteiger partial charge in [-0.2, -0.15) is 0 Å². The first-order chi connectivity index (χ1) is 13.2. The van der Waals surface area contributed by atoms with Crippen molar-refractivity contribution in [3.8, 4) is 0 Å². The molecular weight excluding hydrogens is 364 g/mol. The zero-order chi connectivity index (χ0) is 19.1. The summed E-state index contributed by atoms with van der Waals surface area (Å²) in [5.41, 5.74) is 7.32. The van der Waals surface area contributed by atoms with Crippen LogP contribution in [0.15, 0.2) is 29.6 Å². The van der Waals surface area contributed by atoms with Crippen molar-refractivity contribution in [2.24, 2.45) is 5.73 Å². The van der Waals surface area contributed by atoms with Crippen LogP contribution in [0.2, 0.25) is 0 Å². The minimum atomic E-state index is -0.234. The van der Waals surface area contributed by atoms with Crippen LogP contribution >= 0.6 is 11.3 Å². The summed E-state index contributed by atoms with van der Waals surface area (Å²) in [5.74, 6) is -0.368. The normalized spacial score (nSPS) is 16.3. The summed E-state index contributed by atoms with van der Waals surface area (Å²) in [5, 5.41) is 8.32. The maximum absolute atomic E-state index is 12.3. The molecule has 4 N–H and O–H groups in total. The molecule has 1 fully saturated rings. The number of hydrogen-bond acceptors (Lipinski definition) is 6. The highest BCUT2D eigenvalue weighted by Crippen LogP contribution is 2.12. The molecule has 0 bridgehead atoms. The zero-order valence-corrected chi connectivity index (χ0v) is 15.9. The molecule has 1 unspecified atom stereocenters. The minimum absolute atomic E-state index is 0.110. The van der Waals surface area contributed by atoms with E-state index in [0.29, 0.717) is 37.3 Å². The fourth-order valence-electron chi connectivity index (χ4n) is 2.86. The summed E-state index contributed by atoms with van der Waals surface area (Å²) in [6.45, 7) is 2.13. The molecule has 144 valence electrons. The van der Waals surface area contributed by atoms with Crippen LogP contribution in [0.4, 0.5) is 0 Å². The van der Waals surface area contributed by atoms with Crippen LogP contribution in [0.25, 0.3) is 0 Å². The largest absolute Gasteiger partial charge is 0.376 e. The first kappa shape index (κ1) is 19.5. The van der Waals surface area contributed by atoms with Gasteiger partial charge < -0.3 is 21.1 Å². The summed E-state index contributed by atoms with van der Waals surface area (Å²) >= 11 is 1.43. The quantitative estimate of drug-likeness (QED) is 0.635. The molecular formula is C19H24N4O3S. The molecule has 8 heteroatoms. The van der Waals surface area contributed by atoms with Crippen molar-refractivity contribution in [3.05, 3.63) is 51.5 Å². The van der Waals surface area contributed by atoms with Gasteiger partial charge in [0, 0.05) is 37.1 Å². The van der Waals surface area contributed by atoms with Crippen molar-refractivity contribution in [3.63, 3.8) is 0 Å². The lowest BCUT2D eigenvalue weighted by atomic mass is 10.1. The predicted molar refractivity (Wildman–Crippen MR) is 104 cm³/mol. The van der Waals surface area contributed by atoms with Crippen molar-refractivity contribution >= 4 is 23.2 Å². The SMILES string of the molecule is NCCc1nc(C(=O)NCc2cccc(C(=O)NCC3CCCO3)c2)cs1. The number of benzene rings is 1. The van der Waals surface area contributed by atoms with Gasteiger partial charge in [-0.15, -0.1) is 11.3 Å². The topological polar surface area (TPSA) is 106 Å². The van der Waals surface area contributed by atoms with Crippen LogP contribution < -0.4 is 16.4 Å². The van der Waals surface area contributed by atoms with Crippen LogP contribution in [-0.4, -0.2) is 42.6 Å². The van der Waals surface area contributed by atoms with Gasteiger partial charge in [0.05, 0.1) is 11.1 Å². The van der Waals surface area contributed by atoms with Crippen LogP contribution in [0.5, 0.6) is 0 Å². The Bertz CT molecular complexity index is 787. The molecule has 2 aromatic rings. The molecule has 1 aromatic heterocycles. The number of amides is 2. The van der Waals surface area contributed by atoms with Gasteiger partial charge in [0.25, 0.3) is 11.8 Å². The zero-order valence-electron chi connectivity index (χ0n) is 15.1. The van der Waals surface area contributed by atoms with Gasteiger partial charge in [-0.25, -0.2) is 4.98 Å². The Morgan fingerprint density at radius 3 is 2.96 bits per heavy atom. The Hall–Kier alpha value is -2.29. The third-order valence-corrected chi connectivity index (χ3v) is 5.21. The molecule has 0 radical (unpaired) electrons. The number of ether oxygens (including phenoxy) is 1. The summed E-state index contributed by atoms with van der Waals surface area (Å²) in [6.07, 6.45) is 2.80. The lowest BCUT2D eigenvalue weighted by molar-refractivity contribution is 0.0857. The highest BCUT2D eigenvalue weighted by atomic mass is 32.1. The predicted octanol–water partition coefficient (Wildman–Crippen LogP) is 1.48. The van der Waals surface area contributed by atoms with Crippen molar-refractivity contribution in [2.75, 3.05) is 19.7 Å². The standard InChI is InChI=1S/C19H24N4O3S/c20-7-6-17-23-16(12-27-17)19(25)21-10-13-3-1-4-14(9-13)18(24)22-11-15-5-2-8-26-15/h1,3-4,9,12,15H,2,5-8,10-11,20H2,(H,21,25)(H,22,24). The molecule has 0 spiro atoms. The Morgan fingerprint density at radius 1 is 1.30 bits per heavy atom. The third kappa shape index (κ3) is 5.59. The summed E-state index contributed by atoms with van der Waals surface area (Å²) < 4.78 is 5.51. The monoisotopic (exact) mass is 388 g/mol. The third-order valence-electron chi connectivity index (χ3n) is 4.30. The molecule has 1 saturated heterocycles. The first-order valence-electron chi connectivity index (χ1n) is 9.07. The Kier molecular flexibility index (Phi) is 6.92. The van der Waals surface area contributed by atoms with E-state index in [1.165, 1.54) is 11.3 Å². The van der Waals surface area contributed by atoms with E-state index in [-0.39, 0.29) is 17.9 Å². The average molecular weight is 388 g/mol. The molecule has 3 rings (SSSR count). The number of thiazole rings is 1. The van der Waals surface area contributed by atoms with Crippen LogP contribution in [0, 0.1) is 0 Å². The molecule has 27 heavy (non-hydrogen) atoms. The fourth-order valence-corrected chi connectivity index (χ4v) is 3.66. The van der Waals surface area contributed by atoms with E-state index >= 15 is 0 Å². The smallest absolute Gasteiger partial charge is 0.271 e. The van der Waals surface area contributed by atoms with Crippen molar-refractivity contribution in [2.45, 2.75) is 31.9 Å². The van der Waals surface area contributed by atoms with Crippen molar-refractivity contribution < 1.29 is 14.3 Å². The maximum atomic E-state index is 12.3. The molecule has 2 amide bonds. The summed E-state index contributed by atoms with van der Waals surface area (Å²) in [6, 6.07) is 7.23. The second kappa shape index (κ2) is 9.59. The number of aromatic nitrogens is 1. The number of nitrogens with zero attached hydrogens (tertiary/aromatic N) is 1. The molecule has 1 aliphatic heterocycles. The highest BCUT2D eigenvalue weighted by Gasteiger charge is 2.17. The number of nitrogens with two attached hydrogens (primary N) is 1. The van der Waals surface area contributed by atoms with Gasteiger partial charge in [0.2, 0.25) is 0 Å². The van der Waals surface area contributed by atoms with Crippen LogP contribution in [-0.2, 0) is 17.7 Å². The van der Waals surface area contributed by atoms with Crippen LogP contribution in [0.3, 0.4) is 0 Å². The van der Waals surface area contributed by atoms with E-state index < -0.39 is 0 Å². The van der Waals surface area contributed by atoms with Gasteiger partial charge in [0.1, 0.15) is 5.69 Å². The van der Waals surface area contributed by atoms with Crippen molar-refractivity contribution in [1.82, 2.24) is 15.6 Å². The van der Waals surface area contributed by atoms with E-state index in [1.807, 2.05) is 12.1 Å². The molecule has 7 nitrogen and oxygen atoms in total. The van der Waals surface area contributed by atoms with Gasteiger partial charge in [-0.05, 0) is 37.1 Å². The van der Waals surface area contributed by atoms with Gasteiger partial charge in [-0.1, -0.05) is 12.1 Å². The van der Waals surface area contributed by atoms with E-state index in [4.69, 9.17) is 10.5 Å². The molecule has 1 aromatic carbocycles. The second-order valence-corrected chi connectivity index (χ2v) is 7.34. The number of carbonyl (C=O) groups excluding carboxylic acids is 2. The van der Waals surface area contributed by atoms with E-state index in [9.17, 15) is 9.59 Å². The van der Waals surface area contributed by atoms with E-state index in [2.05, 4.69) is 15.6 Å². The van der Waals surface area contributed by atoms with Gasteiger partial charge in [0.15, 0.2) is 0 Å². The second-order valence-electron chi connectivity index (χ2n) is 6.39. The number of carbonyl (C=O) groups is 2. The number of nitrogens with one attached hydrogen (secondary N) is 2. The maximum Gasteiger partial charge on any atom is 0.271 e. The lowest BCUT2D eigenvalue weighted by Gasteiger charge is -2.11. The van der Waals surface area contributed by atoms with E-state index in [0.717, 1.165) is 30.0 Å².